The van der Waals surface area contributed by atoms with E-state index in [1.807, 2.05) is 0 Å². The van der Waals surface area contributed by atoms with Crippen molar-refractivity contribution in [3.63, 3.8) is 0 Å². The van der Waals surface area contributed by atoms with E-state index >= 15 is 0 Å². The highest BCUT2D eigenvalue weighted by Gasteiger charge is 2.39. The Morgan fingerprint density at radius 1 is 1.42 bits per heavy atom. The summed E-state index contributed by atoms with van der Waals surface area (Å²) in [6.07, 6.45) is 0.598. The highest BCUT2D eigenvalue weighted by molar-refractivity contribution is 5.96. The molecule has 7 heteroatoms. The third kappa shape index (κ3) is 2.50. The summed E-state index contributed by atoms with van der Waals surface area (Å²) in [4.78, 5) is 35.8. The molecule has 0 unspecified atom stereocenters. The van der Waals surface area contributed by atoms with E-state index < -0.39 is 24.0 Å². The number of aliphatic carboxylic acids is 1. The molecule has 1 saturated heterocycles. The number of carboxylic acid groups (broad SMARTS) is 1. The van der Waals surface area contributed by atoms with Crippen molar-refractivity contribution in [1.29, 1.82) is 0 Å². The maximum absolute atomic E-state index is 12.2. The topological polar surface area (TPSA) is 99.8 Å². The first kappa shape index (κ1) is 13.3. The van der Waals surface area contributed by atoms with Gasteiger partial charge in [-0.1, -0.05) is 0 Å². The first-order valence-corrected chi connectivity index (χ1v) is 5.78. The number of aliphatic hydroxyl groups is 1. The van der Waals surface area contributed by atoms with Gasteiger partial charge >= 0.3 is 5.97 Å². The quantitative estimate of drug-likeness (QED) is 0.718. The molecular weight excluding hydrogens is 252 g/mol. The zero-order chi connectivity index (χ0) is 14.2. The summed E-state index contributed by atoms with van der Waals surface area (Å²) in [5.41, 5.74) is -0.221. The highest BCUT2D eigenvalue weighted by Crippen LogP contribution is 2.20. The molecular formula is C12H14N2O5. The molecule has 2 N–H and O–H groups in total. The lowest BCUT2D eigenvalue weighted by atomic mass is 10.2. The number of carbonyl (C=O) groups is 2. The lowest BCUT2D eigenvalue weighted by Gasteiger charge is -2.21. The van der Waals surface area contributed by atoms with Crippen molar-refractivity contribution >= 4 is 11.9 Å². The minimum Gasteiger partial charge on any atom is -0.480 e. The van der Waals surface area contributed by atoms with Crippen LogP contribution in [0, 0.1) is 0 Å². The fraction of sp³-hybridized carbons (Fsp3) is 0.417. The van der Waals surface area contributed by atoms with Gasteiger partial charge in [0.1, 0.15) is 6.04 Å². The third-order valence-electron chi connectivity index (χ3n) is 3.18. The molecule has 1 aromatic rings. The Hall–Kier alpha value is -2.15. The number of hydrogen-bond acceptors (Lipinski definition) is 4. The van der Waals surface area contributed by atoms with Crippen molar-refractivity contribution in [3.8, 4) is 0 Å². The number of rotatable bonds is 2. The Morgan fingerprint density at radius 2 is 2.11 bits per heavy atom. The second-order valence-electron chi connectivity index (χ2n) is 4.57. The fourth-order valence-electron chi connectivity index (χ4n) is 2.12. The molecule has 2 atom stereocenters. The summed E-state index contributed by atoms with van der Waals surface area (Å²) in [6.45, 7) is -0.0367. The number of aryl methyl sites for hydroxylation is 1. The van der Waals surface area contributed by atoms with Gasteiger partial charge in [-0.3, -0.25) is 9.59 Å². The van der Waals surface area contributed by atoms with E-state index in [0.717, 1.165) is 11.0 Å². The number of carboxylic acids is 1. The number of hydrogen-bond donors (Lipinski definition) is 2. The summed E-state index contributed by atoms with van der Waals surface area (Å²) in [7, 11) is 1.55. The molecule has 0 bridgehead atoms. The standard InChI is InChI=1S/C12H14N2O5/c1-13-3-2-7(4-10(13)16)11(17)14-6-8(15)5-9(14)12(18)19/h2-4,8-9,15H,5-6H2,1H3,(H,18,19)/t8-,9-/m1/s1. The van der Waals surface area contributed by atoms with Crippen LogP contribution in [-0.4, -0.2) is 50.2 Å². The summed E-state index contributed by atoms with van der Waals surface area (Å²) < 4.78 is 1.31. The molecule has 1 aliphatic rings. The van der Waals surface area contributed by atoms with Gasteiger partial charge in [0.15, 0.2) is 0 Å². The Kier molecular flexibility index (Phi) is 3.39. The summed E-state index contributed by atoms with van der Waals surface area (Å²) >= 11 is 0. The molecule has 2 heterocycles. The number of likely N-dealkylation sites (tertiary alicyclic amines) is 1. The van der Waals surface area contributed by atoms with Gasteiger partial charge in [0.2, 0.25) is 0 Å². The SMILES string of the molecule is Cn1ccc(C(=O)N2C[C@H](O)C[C@@H]2C(=O)O)cc1=O. The van der Waals surface area contributed by atoms with Gasteiger partial charge in [-0.15, -0.1) is 0 Å². The fourth-order valence-corrected chi connectivity index (χ4v) is 2.12. The predicted molar refractivity (Wildman–Crippen MR) is 64.8 cm³/mol. The van der Waals surface area contributed by atoms with Crippen LogP contribution in [0.4, 0.5) is 0 Å². The Morgan fingerprint density at radius 3 is 2.68 bits per heavy atom. The van der Waals surface area contributed by atoms with Gasteiger partial charge < -0.3 is 19.7 Å². The van der Waals surface area contributed by atoms with E-state index in [1.165, 1.54) is 16.8 Å². The van der Waals surface area contributed by atoms with Gasteiger partial charge in [0, 0.05) is 37.8 Å². The molecule has 1 aliphatic heterocycles. The van der Waals surface area contributed by atoms with Crippen molar-refractivity contribution in [2.24, 2.45) is 7.05 Å². The predicted octanol–water partition coefficient (Wildman–Crippen LogP) is -0.955. The number of amides is 1. The molecule has 0 spiro atoms. The van der Waals surface area contributed by atoms with Crippen LogP contribution in [0.1, 0.15) is 16.8 Å². The zero-order valence-corrected chi connectivity index (χ0v) is 10.3. The van der Waals surface area contributed by atoms with Gasteiger partial charge in [0.05, 0.1) is 6.10 Å². The Bertz CT molecular complexity index is 580. The monoisotopic (exact) mass is 266 g/mol. The first-order chi connectivity index (χ1) is 8.90. The van der Waals surface area contributed by atoms with Crippen molar-refractivity contribution in [3.05, 3.63) is 34.2 Å². The largest absolute Gasteiger partial charge is 0.480 e. The van der Waals surface area contributed by atoms with E-state index in [-0.39, 0.29) is 24.1 Å². The number of carbonyl (C=O) groups excluding carboxylic acids is 1. The second kappa shape index (κ2) is 4.85. The minimum absolute atomic E-state index is 0.00587. The minimum atomic E-state index is -1.16. The summed E-state index contributed by atoms with van der Waals surface area (Å²) in [6, 6.07) is 1.56. The lowest BCUT2D eigenvalue weighted by Crippen LogP contribution is -2.41. The number of aromatic nitrogens is 1. The lowest BCUT2D eigenvalue weighted by molar-refractivity contribution is -0.141. The molecule has 1 amide bonds. The van der Waals surface area contributed by atoms with Crippen molar-refractivity contribution in [2.75, 3.05) is 6.54 Å². The van der Waals surface area contributed by atoms with Crippen LogP contribution in [0.3, 0.4) is 0 Å². The average molecular weight is 266 g/mol. The van der Waals surface area contributed by atoms with E-state index in [9.17, 15) is 19.5 Å². The van der Waals surface area contributed by atoms with Crippen LogP contribution in [0.15, 0.2) is 23.1 Å². The molecule has 1 aromatic heterocycles. The second-order valence-corrected chi connectivity index (χ2v) is 4.57. The van der Waals surface area contributed by atoms with E-state index in [2.05, 4.69) is 0 Å². The molecule has 0 aliphatic carbocycles. The highest BCUT2D eigenvalue weighted by atomic mass is 16.4. The molecule has 0 saturated carbocycles. The van der Waals surface area contributed by atoms with Crippen molar-refractivity contribution in [1.82, 2.24) is 9.47 Å². The van der Waals surface area contributed by atoms with E-state index in [0.29, 0.717) is 0 Å². The number of nitrogens with zero attached hydrogens (tertiary/aromatic N) is 2. The number of pyridine rings is 1. The van der Waals surface area contributed by atoms with Crippen LogP contribution in [0.5, 0.6) is 0 Å². The molecule has 2 rings (SSSR count). The molecule has 7 nitrogen and oxygen atoms in total. The summed E-state index contributed by atoms with van der Waals surface area (Å²) in [5, 5.41) is 18.5. The van der Waals surface area contributed by atoms with Gasteiger partial charge in [0.25, 0.3) is 11.5 Å². The third-order valence-corrected chi connectivity index (χ3v) is 3.18. The van der Waals surface area contributed by atoms with Crippen molar-refractivity contribution in [2.45, 2.75) is 18.6 Å². The van der Waals surface area contributed by atoms with Gasteiger partial charge in [-0.05, 0) is 6.07 Å². The Labute approximate surface area is 108 Å². The van der Waals surface area contributed by atoms with Crippen LogP contribution in [0.2, 0.25) is 0 Å². The number of β-amino-alcohol motifs (C(OH)–C–C–N with tert-alkyl or cyclic N) is 1. The van der Waals surface area contributed by atoms with Gasteiger partial charge in [-0.2, -0.15) is 0 Å². The molecule has 0 radical (unpaired) electrons. The maximum Gasteiger partial charge on any atom is 0.326 e. The van der Waals surface area contributed by atoms with Crippen LogP contribution >= 0.6 is 0 Å². The maximum atomic E-state index is 12.2. The normalized spacial score (nSPS) is 22.5. The van der Waals surface area contributed by atoms with E-state index in [4.69, 9.17) is 5.11 Å². The first-order valence-electron chi connectivity index (χ1n) is 5.78. The molecule has 1 fully saturated rings. The van der Waals surface area contributed by atoms with Crippen LogP contribution in [-0.2, 0) is 11.8 Å². The smallest absolute Gasteiger partial charge is 0.326 e. The zero-order valence-electron chi connectivity index (χ0n) is 10.3. The summed E-state index contributed by atoms with van der Waals surface area (Å²) in [5.74, 6) is -1.71. The van der Waals surface area contributed by atoms with Crippen LogP contribution < -0.4 is 5.56 Å². The average Bonchev–Trinajstić information content (AvgIpc) is 2.74. The van der Waals surface area contributed by atoms with Crippen molar-refractivity contribution < 1.29 is 19.8 Å². The number of aliphatic hydroxyl groups excluding tert-OH is 1. The molecule has 102 valence electrons. The van der Waals surface area contributed by atoms with Gasteiger partial charge in [-0.25, -0.2) is 4.79 Å². The van der Waals surface area contributed by atoms with E-state index in [1.54, 1.807) is 7.05 Å². The Balaban J connectivity index is 2.30. The molecule has 0 aromatic carbocycles. The van der Waals surface area contributed by atoms with Crippen LogP contribution in [0.25, 0.3) is 0 Å². The molecule has 19 heavy (non-hydrogen) atoms.